The van der Waals surface area contributed by atoms with E-state index < -0.39 is 0 Å². The first-order valence-corrected chi connectivity index (χ1v) is 6.68. The van der Waals surface area contributed by atoms with Crippen LogP contribution in [0.25, 0.3) is 0 Å². The standard InChI is InChI=1S/C16H16ClN3/c1-11(12-4-3-5-14(19)8-12)20(2)15-7-6-13(10-18)16(17)9-15/h3-9,11H,19H2,1-2H3. The van der Waals surface area contributed by atoms with Crippen molar-refractivity contribution < 1.29 is 0 Å². The summed E-state index contributed by atoms with van der Waals surface area (Å²) in [6.07, 6.45) is 0. The minimum Gasteiger partial charge on any atom is -0.399 e. The van der Waals surface area contributed by atoms with Crippen molar-refractivity contribution in [1.82, 2.24) is 0 Å². The molecule has 0 saturated heterocycles. The topological polar surface area (TPSA) is 53.0 Å². The second-order valence-electron chi connectivity index (χ2n) is 4.73. The summed E-state index contributed by atoms with van der Waals surface area (Å²) in [6, 6.07) is 15.5. The normalized spacial score (nSPS) is 11.7. The first-order valence-electron chi connectivity index (χ1n) is 6.31. The van der Waals surface area contributed by atoms with Crippen LogP contribution in [0, 0.1) is 11.3 Å². The summed E-state index contributed by atoms with van der Waals surface area (Å²) in [5, 5.41) is 9.37. The van der Waals surface area contributed by atoms with Crippen LogP contribution < -0.4 is 10.6 Å². The van der Waals surface area contributed by atoms with E-state index in [1.807, 2.05) is 43.4 Å². The van der Waals surface area contributed by atoms with Gasteiger partial charge in [0.1, 0.15) is 6.07 Å². The third-order valence-corrected chi connectivity index (χ3v) is 3.77. The summed E-state index contributed by atoms with van der Waals surface area (Å²) in [7, 11) is 1.99. The monoisotopic (exact) mass is 285 g/mol. The zero-order chi connectivity index (χ0) is 14.7. The molecule has 2 aromatic rings. The van der Waals surface area contributed by atoms with Crippen LogP contribution in [0.5, 0.6) is 0 Å². The molecule has 0 aromatic heterocycles. The quantitative estimate of drug-likeness (QED) is 0.868. The lowest BCUT2D eigenvalue weighted by atomic mass is 10.1. The molecule has 1 atom stereocenters. The van der Waals surface area contributed by atoms with Gasteiger partial charge in [0.05, 0.1) is 16.6 Å². The van der Waals surface area contributed by atoms with Gasteiger partial charge in [-0.05, 0) is 42.8 Å². The molecule has 2 aromatic carbocycles. The Bertz CT molecular complexity index is 661. The third-order valence-electron chi connectivity index (χ3n) is 3.45. The van der Waals surface area contributed by atoms with Gasteiger partial charge in [0.25, 0.3) is 0 Å². The van der Waals surface area contributed by atoms with Crippen molar-refractivity contribution in [1.29, 1.82) is 5.26 Å². The number of nitrogens with zero attached hydrogens (tertiary/aromatic N) is 2. The van der Waals surface area contributed by atoms with Crippen LogP contribution in [0.4, 0.5) is 11.4 Å². The minimum atomic E-state index is 0.155. The Hall–Kier alpha value is -2.18. The molecule has 0 aliphatic heterocycles. The summed E-state index contributed by atoms with van der Waals surface area (Å²) in [6.45, 7) is 2.10. The van der Waals surface area contributed by atoms with Crippen molar-refractivity contribution >= 4 is 23.0 Å². The molecule has 4 heteroatoms. The number of benzene rings is 2. The second-order valence-corrected chi connectivity index (χ2v) is 5.14. The summed E-state index contributed by atoms with van der Waals surface area (Å²) >= 11 is 6.08. The summed E-state index contributed by atoms with van der Waals surface area (Å²) in [5.74, 6) is 0. The Kier molecular flexibility index (Phi) is 4.16. The van der Waals surface area contributed by atoms with E-state index in [2.05, 4.69) is 17.9 Å². The maximum atomic E-state index is 8.90. The van der Waals surface area contributed by atoms with Crippen LogP contribution in [0.2, 0.25) is 5.02 Å². The third kappa shape index (κ3) is 2.87. The van der Waals surface area contributed by atoms with Crippen molar-refractivity contribution in [3.63, 3.8) is 0 Å². The van der Waals surface area contributed by atoms with Crippen molar-refractivity contribution in [2.24, 2.45) is 0 Å². The number of rotatable bonds is 3. The van der Waals surface area contributed by atoms with Gasteiger partial charge in [0.15, 0.2) is 0 Å². The number of nitrogen functional groups attached to an aromatic ring is 1. The van der Waals surface area contributed by atoms with E-state index >= 15 is 0 Å². The van der Waals surface area contributed by atoms with E-state index in [1.54, 1.807) is 6.07 Å². The second kappa shape index (κ2) is 5.85. The minimum absolute atomic E-state index is 0.155. The van der Waals surface area contributed by atoms with E-state index in [9.17, 15) is 0 Å². The summed E-state index contributed by atoms with van der Waals surface area (Å²) in [4.78, 5) is 2.10. The van der Waals surface area contributed by atoms with Crippen LogP contribution in [-0.4, -0.2) is 7.05 Å². The van der Waals surface area contributed by atoms with Gasteiger partial charge >= 0.3 is 0 Å². The van der Waals surface area contributed by atoms with Gasteiger partial charge in [0.2, 0.25) is 0 Å². The Morgan fingerprint density at radius 3 is 2.60 bits per heavy atom. The number of hydrogen-bond donors (Lipinski definition) is 1. The van der Waals surface area contributed by atoms with Crippen molar-refractivity contribution in [3.05, 3.63) is 58.6 Å². The Labute approximate surface area is 124 Å². The maximum absolute atomic E-state index is 8.90. The van der Waals surface area contributed by atoms with Crippen LogP contribution in [-0.2, 0) is 0 Å². The van der Waals surface area contributed by atoms with Gasteiger partial charge in [-0.2, -0.15) is 5.26 Å². The number of anilines is 2. The van der Waals surface area contributed by atoms with E-state index in [0.717, 1.165) is 16.9 Å². The molecule has 2 rings (SSSR count). The van der Waals surface area contributed by atoms with E-state index in [-0.39, 0.29) is 6.04 Å². The van der Waals surface area contributed by atoms with Crippen LogP contribution in [0.1, 0.15) is 24.1 Å². The average Bonchev–Trinajstić information content (AvgIpc) is 2.45. The first kappa shape index (κ1) is 14.2. The molecule has 0 aliphatic rings. The van der Waals surface area contributed by atoms with Crippen LogP contribution in [0.3, 0.4) is 0 Å². The molecule has 0 amide bonds. The highest BCUT2D eigenvalue weighted by molar-refractivity contribution is 6.32. The van der Waals surface area contributed by atoms with Crippen molar-refractivity contribution in [2.75, 3.05) is 17.7 Å². The molecule has 0 fully saturated rings. The fraction of sp³-hybridized carbons (Fsp3) is 0.188. The van der Waals surface area contributed by atoms with E-state index in [4.69, 9.17) is 22.6 Å². The van der Waals surface area contributed by atoms with Gasteiger partial charge in [-0.1, -0.05) is 23.7 Å². The Morgan fingerprint density at radius 1 is 1.25 bits per heavy atom. The van der Waals surface area contributed by atoms with Crippen molar-refractivity contribution in [2.45, 2.75) is 13.0 Å². The van der Waals surface area contributed by atoms with Gasteiger partial charge in [-0.15, -0.1) is 0 Å². The fourth-order valence-electron chi connectivity index (χ4n) is 2.08. The Morgan fingerprint density at radius 2 is 2.00 bits per heavy atom. The fourth-order valence-corrected chi connectivity index (χ4v) is 2.30. The molecule has 102 valence electrons. The molecule has 0 aliphatic carbocycles. The largest absolute Gasteiger partial charge is 0.399 e. The maximum Gasteiger partial charge on any atom is 0.101 e. The average molecular weight is 286 g/mol. The van der Waals surface area contributed by atoms with E-state index in [1.165, 1.54) is 0 Å². The molecule has 0 spiro atoms. The lowest BCUT2D eigenvalue weighted by Gasteiger charge is -2.28. The van der Waals surface area contributed by atoms with E-state index in [0.29, 0.717) is 10.6 Å². The van der Waals surface area contributed by atoms with Crippen LogP contribution >= 0.6 is 11.6 Å². The summed E-state index contributed by atoms with van der Waals surface area (Å²) in [5.41, 5.74) is 9.15. The molecule has 0 saturated carbocycles. The summed E-state index contributed by atoms with van der Waals surface area (Å²) < 4.78 is 0. The molecule has 0 radical (unpaired) electrons. The SMILES string of the molecule is CC(c1cccc(N)c1)N(C)c1ccc(C#N)c(Cl)c1. The number of halogens is 1. The van der Waals surface area contributed by atoms with Gasteiger partial charge in [-0.25, -0.2) is 0 Å². The molecular weight excluding hydrogens is 270 g/mol. The Balaban J connectivity index is 2.29. The number of hydrogen-bond acceptors (Lipinski definition) is 3. The highest BCUT2D eigenvalue weighted by Crippen LogP contribution is 2.29. The molecule has 0 heterocycles. The molecule has 20 heavy (non-hydrogen) atoms. The van der Waals surface area contributed by atoms with Gasteiger partial charge < -0.3 is 10.6 Å². The smallest absolute Gasteiger partial charge is 0.101 e. The van der Waals surface area contributed by atoms with Gasteiger partial charge in [-0.3, -0.25) is 0 Å². The molecule has 0 bridgehead atoms. The predicted molar refractivity (Wildman–Crippen MR) is 83.8 cm³/mol. The zero-order valence-corrected chi connectivity index (χ0v) is 12.2. The van der Waals surface area contributed by atoms with Gasteiger partial charge in [0, 0.05) is 18.4 Å². The lowest BCUT2D eigenvalue weighted by molar-refractivity contribution is 0.740. The van der Waals surface area contributed by atoms with Crippen molar-refractivity contribution in [3.8, 4) is 6.07 Å². The predicted octanol–water partition coefficient (Wildman–Crippen LogP) is 3.99. The highest BCUT2D eigenvalue weighted by Gasteiger charge is 2.13. The molecular formula is C16H16ClN3. The first-order chi connectivity index (χ1) is 9.52. The highest BCUT2D eigenvalue weighted by atomic mass is 35.5. The number of nitrogens with two attached hydrogens (primary N) is 1. The number of nitriles is 1. The lowest BCUT2D eigenvalue weighted by Crippen LogP contribution is -2.21. The zero-order valence-electron chi connectivity index (χ0n) is 11.5. The van der Waals surface area contributed by atoms with Crippen LogP contribution in [0.15, 0.2) is 42.5 Å². The molecule has 1 unspecified atom stereocenters. The molecule has 2 N–H and O–H groups in total. The molecule has 3 nitrogen and oxygen atoms in total.